The lowest BCUT2D eigenvalue weighted by Crippen LogP contribution is -2.43. The molecule has 2 aromatic rings. The van der Waals surface area contributed by atoms with Crippen molar-refractivity contribution in [3.63, 3.8) is 0 Å². The molecular weight excluding hydrogens is 431 g/mol. The number of carboxylic acids is 1. The highest BCUT2D eigenvalue weighted by molar-refractivity contribution is 5.92. The number of hydrogen-bond acceptors (Lipinski definition) is 7. The topological polar surface area (TPSA) is 109 Å². The molecule has 0 aliphatic carbocycles. The van der Waals surface area contributed by atoms with Gasteiger partial charge < -0.3 is 19.6 Å². The molecule has 9 nitrogen and oxygen atoms in total. The molecule has 2 aliphatic rings. The van der Waals surface area contributed by atoms with Gasteiger partial charge >= 0.3 is 12.1 Å². The first-order valence-electron chi connectivity index (χ1n) is 9.80. The van der Waals surface area contributed by atoms with Gasteiger partial charge in [-0.15, -0.1) is 0 Å². The normalized spacial score (nSPS) is 21.0. The Bertz CT molecular complexity index is 916. The molecule has 32 heavy (non-hydrogen) atoms. The number of carbonyl (C=O) groups excluding carboxylic acids is 1. The molecule has 2 aromatic heterocycles. The highest BCUT2D eigenvalue weighted by Gasteiger charge is 2.43. The molecule has 1 N–H and O–H groups in total. The second-order valence-corrected chi connectivity index (χ2v) is 7.52. The summed E-state index contributed by atoms with van der Waals surface area (Å²) in [7, 11) is 0. The van der Waals surface area contributed by atoms with Crippen molar-refractivity contribution in [2.75, 3.05) is 44.3 Å². The zero-order valence-corrected chi connectivity index (χ0v) is 17.0. The summed E-state index contributed by atoms with van der Waals surface area (Å²) in [5, 5.41) is 7.12. The average Bonchev–Trinajstić information content (AvgIpc) is 3.08. The number of hydrogen-bond donors (Lipinski definition) is 1. The molecule has 172 valence electrons. The summed E-state index contributed by atoms with van der Waals surface area (Å²) in [4.78, 5) is 38.7. The number of ether oxygens (including phenoxy) is 1. The molecule has 1 atom stereocenters. The number of carbonyl (C=O) groups is 2. The molecule has 2 fully saturated rings. The molecule has 12 heteroatoms. The van der Waals surface area contributed by atoms with Crippen molar-refractivity contribution >= 4 is 17.8 Å². The molecule has 4 rings (SSSR count). The van der Waals surface area contributed by atoms with Crippen LogP contribution in [0, 0.1) is 5.41 Å². The maximum absolute atomic E-state index is 12.8. The van der Waals surface area contributed by atoms with E-state index in [9.17, 15) is 18.0 Å². The van der Waals surface area contributed by atoms with Crippen molar-refractivity contribution in [1.29, 1.82) is 0 Å². The molecule has 4 heterocycles. The van der Waals surface area contributed by atoms with E-state index in [2.05, 4.69) is 19.9 Å². The van der Waals surface area contributed by atoms with E-state index in [0.29, 0.717) is 32.0 Å². The molecular formula is C20H22F3N5O4. The first kappa shape index (κ1) is 23.4. The van der Waals surface area contributed by atoms with Crippen LogP contribution in [-0.4, -0.2) is 82.4 Å². The van der Waals surface area contributed by atoms with E-state index < -0.39 is 12.1 Å². The number of nitrogens with zero attached hydrogens (tertiary/aromatic N) is 5. The second kappa shape index (κ2) is 9.90. The fourth-order valence-electron chi connectivity index (χ4n) is 3.62. The van der Waals surface area contributed by atoms with E-state index in [4.69, 9.17) is 14.6 Å². The molecule has 1 amide bonds. The summed E-state index contributed by atoms with van der Waals surface area (Å²) >= 11 is 0. The standard InChI is InChI=1S/C18H21N5O2.C2HF3O2/c24-16(15-4-1-2-6-19-15)22-10-11-25-14-18(12-22)5-9-23(13-18)17-20-7-3-8-21-17;3-2(4,5)1(6)7/h1-4,6-8H,5,9-14H2;(H,6,7). The van der Waals surface area contributed by atoms with E-state index in [1.807, 2.05) is 23.1 Å². The smallest absolute Gasteiger partial charge is 0.475 e. The van der Waals surface area contributed by atoms with Crippen LogP contribution < -0.4 is 4.90 Å². The Morgan fingerprint density at radius 1 is 1.03 bits per heavy atom. The molecule has 0 aromatic carbocycles. The summed E-state index contributed by atoms with van der Waals surface area (Å²) in [6, 6.07) is 7.24. The number of anilines is 1. The van der Waals surface area contributed by atoms with Crippen LogP contribution in [0.15, 0.2) is 42.9 Å². The largest absolute Gasteiger partial charge is 0.490 e. The Morgan fingerprint density at radius 3 is 2.34 bits per heavy atom. The summed E-state index contributed by atoms with van der Waals surface area (Å²) in [5.41, 5.74) is 0.404. The number of pyridine rings is 1. The van der Waals surface area contributed by atoms with Crippen molar-refractivity contribution in [1.82, 2.24) is 19.9 Å². The molecule has 2 saturated heterocycles. The fourth-order valence-corrected chi connectivity index (χ4v) is 3.62. The van der Waals surface area contributed by atoms with Crippen molar-refractivity contribution in [3.05, 3.63) is 48.5 Å². The predicted molar refractivity (Wildman–Crippen MR) is 106 cm³/mol. The third-order valence-electron chi connectivity index (χ3n) is 5.13. The number of carboxylic acid groups (broad SMARTS) is 1. The van der Waals surface area contributed by atoms with Crippen molar-refractivity contribution in [3.8, 4) is 0 Å². The van der Waals surface area contributed by atoms with Crippen molar-refractivity contribution in [2.24, 2.45) is 5.41 Å². The van der Waals surface area contributed by atoms with E-state index in [1.165, 1.54) is 0 Å². The van der Waals surface area contributed by atoms with Gasteiger partial charge in [0.1, 0.15) is 5.69 Å². The molecule has 0 saturated carbocycles. The number of alkyl halides is 3. The van der Waals surface area contributed by atoms with Gasteiger partial charge in [0.25, 0.3) is 5.91 Å². The van der Waals surface area contributed by atoms with Gasteiger partial charge in [-0.2, -0.15) is 13.2 Å². The highest BCUT2D eigenvalue weighted by Crippen LogP contribution is 2.35. The van der Waals surface area contributed by atoms with Crippen LogP contribution in [0.3, 0.4) is 0 Å². The van der Waals surface area contributed by atoms with E-state index in [1.54, 1.807) is 24.7 Å². The number of halogens is 3. The third kappa shape index (κ3) is 5.90. The summed E-state index contributed by atoms with van der Waals surface area (Å²) in [6.07, 6.45) is 1.04. The van der Waals surface area contributed by atoms with E-state index in [-0.39, 0.29) is 11.3 Å². The fraction of sp³-hybridized carbons (Fsp3) is 0.450. The molecule has 1 spiro atoms. The Kier molecular flexibility index (Phi) is 7.23. The zero-order chi connectivity index (χ0) is 23.2. The van der Waals surface area contributed by atoms with Crippen LogP contribution in [0.4, 0.5) is 19.1 Å². The van der Waals surface area contributed by atoms with Crippen LogP contribution in [0.25, 0.3) is 0 Å². The van der Waals surface area contributed by atoms with Crippen LogP contribution in [0.2, 0.25) is 0 Å². The molecule has 2 aliphatic heterocycles. The van der Waals surface area contributed by atoms with Gasteiger partial charge in [0.05, 0.1) is 13.2 Å². The monoisotopic (exact) mass is 453 g/mol. The Labute approximate surface area is 181 Å². The van der Waals surface area contributed by atoms with E-state index in [0.717, 1.165) is 25.5 Å². The highest BCUT2D eigenvalue weighted by atomic mass is 19.4. The quantitative estimate of drug-likeness (QED) is 0.734. The molecule has 0 bridgehead atoms. The maximum Gasteiger partial charge on any atom is 0.490 e. The Morgan fingerprint density at radius 2 is 1.72 bits per heavy atom. The van der Waals surface area contributed by atoms with Crippen molar-refractivity contribution in [2.45, 2.75) is 12.6 Å². The van der Waals surface area contributed by atoms with E-state index >= 15 is 0 Å². The van der Waals surface area contributed by atoms with Gasteiger partial charge in [0.2, 0.25) is 5.95 Å². The van der Waals surface area contributed by atoms with Gasteiger partial charge in [-0.25, -0.2) is 14.8 Å². The lowest BCUT2D eigenvalue weighted by Gasteiger charge is -2.31. The van der Waals surface area contributed by atoms with Crippen LogP contribution >= 0.6 is 0 Å². The third-order valence-corrected chi connectivity index (χ3v) is 5.13. The molecule has 0 radical (unpaired) electrons. The van der Waals surface area contributed by atoms with Crippen LogP contribution in [-0.2, 0) is 9.53 Å². The molecule has 1 unspecified atom stereocenters. The minimum absolute atomic E-state index is 0.0279. The first-order chi connectivity index (χ1) is 15.2. The lowest BCUT2D eigenvalue weighted by atomic mass is 9.87. The second-order valence-electron chi connectivity index (χ2n) is 7.52. The zero-order valence-electron chi connectivity index (χ0n) is 17.0. The summed E-state index contributed by atoms with van der Waals surface area (Å²) in [6.45, 7) is 4.15. The summed E-state index contributed by atoms with van der Waals surface area (Å²) < 4.78 is 37.6. The van der Waals surface area contributed by atoms with Crippen LogP contribution in [0.1, 0.15) is 16.9 Å². The maximum atomic E-state index is 12.8. The Balaban J connectivity index is 0.000000360. The van der Waals surface area contributed by atoms with Gasteiger partial charge in [-0.05, 0) is 24.6 Å². The van der Waals surface area contributed by atoms with Gasteiger partial charge in [0, 0.05) is 50.2 Å². The summed E-state index contributed by atoms with van der Waals surface area (Å²) in [5.74, 6) is -2.04. The SMILES string of the molecule is O=C(O)C(F)(F)F.O=C(c1ccccn1)N1CCOCC2(CCN(c3ncccn3)C2)C1. The minimum atomic E-state index is -5.08. The Hall–Kier alpha value is -3.28. The van der Waals surface area contributed by atoms with Gasteiger partial charge in [-0.1, -0.05) is 6.07 Å². The predicted octanol–water partition coefficient (Wildman–Crippen LogP) is 1.87. The number of amides is 1. The van der Waals surface area contributed by atoms with Crippen LogP contribution in [0.5, 0.6) is 0 Å². The number of rotatable bonds is 2. The van der Waals surface area contributed by atoms with Crippen molar-refractivity contribution < 1.29 is 32.6 Å². The van der Waals surface area contributed by atoms with Gasteiger partial charge in [0.15, 0.2) is 0 Å². The van der Waals surface area contributed by atoms with Gasteiger partial charge in [-0.3, -0.25) is 9.78 Å². The number of aliphatic carboxylic acids is 1. The lowest BCUT2D eigenvalue weighted by molar-refractivity contribution is -0.192. The average molecular weight is 453 g/mol. The first-order valence-corrected chi connectivity index (χ1v) is 9.80. The minimum Gasteiger partial charge on any atom is -0.475 e. The number of aromatic nitrogens is 3.